The average Bonchev–Trinajstić information content (AvgIpc) is 2.92. The summed E-state index contributed by atoms with van der Waals surface area (Å²) in [4.78, 5) is 19.0. The molecule has 0 bridgehead atoms. The highest BCUT2D eigenvalue weighted by molar-refractivity contribution is 6.04. The topological polar surface area (TPSA) is 70.9 Å². The van der Waals surface area contributed by atoms with Gasteiger partial charge in [-0.2, -0.15) is 0 Å². The Morgan fingerprint density at radius 1 is 1.39 bits per heavy atom. The minimum atomic E-state index is -0.238. The molecule has 3 aromatic heterocycles. The molecule has 0 fully saturated rings. The molecule has 3 rings (SSSR count). The molecule has 0 saturated heterocycles. The summed E-state index contributed by atoms with van der Waals surface area (Å²) in [5.74, 6) is 0.287. The van der Waals surface area contributed by atoms with E-state index in [0.29, 0.717) is 17.1 Å². The Hall–Kier alpha value is -2.56. The van der Waals surface area contributed by atoms with E-state index in [4.69, 9.17) is 4.42 Å². The molecule has 0 aliphatic heterocycles. The van der Waals surface area contributed by atoms with E-state index >= 15 is 0 Å². The molecule has 0 saturated carbocycles. The van der Waals surface area contributed by atoms with Crippen molar-refractivity contribution in [2.24, 2.45) is 0 Å². The number of hydrogen-bond acceptors (Lipinski definition) is 3. The van der Waals surface area contributed by atoms with Crippen LogP contribution < -0.4 is 5.32 Å². The first-order valence-electron chi connectivity index (χ1n) is 5.52. The smallest absolute Gasteiger partial charge is 0.273 e. The summed E-state index contributed by atoms with van der Waals surface area (Å²) in [7, 11) is 0. The number of furan rings is 1. The van der Waals surface area contributed by atoms with Gasteiger partial charge in [0.05, 0.1) is 11.8 Å². The molecule has 0 atom stereocenters. The van der Waals surface area contributed by atoms with Crippen LogP contribution in [0.2, 0.25) is 0 Å². The van der Waals surface area contributed by atoms with Gasteiger partial charge in [0.1, 0.15) is 11.5 Å². The fourth-order valence-corrected chi connectivity index (χ4v) is 1.70. The minimum absolute atomic E-state index is 0.238. The van der Waals surface area contributed by atoms with Gasteiger partial charge in [0, 0.05) is 18.3 Å². The molecular weight excluding hydrogens is 230 g/mol. The Bertz CT molecular complexity index is 666. The number of amides is 1. The van der Waals surface area contributed by atoms with E-state index in [1.165, 1.54) is 0 Å². The number of aryl methyl sites for hydroxylation is 1. The lowest BCUT2D eigenvalue weighted by molar-refractivity contribution is 0.102. The van der Waals surface area contributed by atoms with Crippen molar-refractivity contribution in [2.45, 2.75) is 6.92 Å². The molecule has 90 valence electrons. The highest BCUT2D eigenvalue weighted by Gasteiger charge is 2.11. The molecule has 18 heavy (non-hydrogen) atoms. The first-order chi connectivity index (χ1) is 8.72. The molecule has 5 nitrogen and oxygen atoms in total. The van der Waals surface area contributed by atoms with E-state index < -0.39 is 0 Å². The van der Waals surface area contributed by atoms with E-state index in [-0.39, 0.29) is 5.91 Å². The highest BCUT2D eigenvalue weighted by atomic mass is 16.3. The molecule has 2 N–H and O–H groups in total. The lowest BCUT2D eigenvalue weighted by atomic mass is 10.3. The number of anilines is 1. The van der Waals surface area contributed by atoms with E-state index in [2.05, 4.69) is 15.3 Å². The van der Waals surface area contributed by atoms with Crippen LogP contribution in [0.15, 0.2) is 41.1 Å². The van der Waals surface area contributed by atoms with Gasteiger partial charge in [-0.25, -0.2) is 4.98 Å². The van der Waals surface area contributed by atoms with Crippen molar-refractivity contribution in [1.82, 2.24) is 9.97 Å². The molecule has 1 amide bonds. The average molecular weight is 241 g/mol. The third kappa shape index (κ3) is 1.86. The van der Waals surface area contributed by atoms with Gasteiger partial charge in [0.25, 0.3) is 5.91 Å². The Balaban J connectivity index is 1.82. The van der Waals surface area contributed by atoms with E-state index in [9.17, 15) is 4.79 Å². The SMILES string of the molecule is Cc1ccc(NC(=O)c2cc3occc3[nH]2)nc1. The molecule has 0 aliphatic carbocycles. The molecule has 5 heteroatoms. The van der Waals surface area contributed by atoms with Crippen molar-refractivity contribution in [3.05, 3.63) is 48.0 Å². The van der Waals surface area contributed by atoms with Crippen molar-refractivity contribution in [3.63, 3.8) is 0 Å². The summed E-state index contributed by atoms with van der Waals surface area (Å²) in [6.45, 7) is 1.94. The van der Waals surface area contributed by atoms with Crippen molar-refractivity contribution in [3.8, 4) is 0 Å². The maximum absolute atomic E-state index is 11.9. The number of nitrogens with one attached hydrogen (secondary N) is 2. The summed E-state index contributed by atoms with van der Waals surface area (Å²) in [5.41, 5.74) is 2.96. The Morgan fingerprint density at radius 2 is 2.28 bits per heavy atom. The fraction of sp³-hybridized carbons (Fsp3) is 0.0769. The number of H-pyrrole nitrogens is 1. The second-order valence-electron chi connectivity index (χ2n) is 4.06. The number of pyridine rings is 1. The zero-order chi connectivity index (χ0) is 12.5. The monoisotopic (exact) mass is 241 g/mol. The zero-order valence-corrected chi connectivity index (χ0v) is 9.73. The van der Waals surface area contributed by atoms with Crippen LogP contribution in [0.4, 0.5) is 5.82 Å². The molecule has 0 radical (unpaired) electrons. The zero-order valence-electron chi connectivity index (χ0n) is 9.73. The van der Waals surface area contributed by atoms with E-state index in [1.807, 2.05) is 13.0 Å². The number of carbonyl (C=O) groups excluding carboxylic acids is 1. The normalized spacial score (nSPS) is 10.7. The summed E-state index contributed by atoms with van der Waals surface area (Å²) in [6, 6.07) is 7.10. The number of nitrogens with zero attached hydrogens (tertiary/aromatic N) is 1. The maximum atomic E-state index is 11.9. The number of rotatable bonds is 2. The number of aromatic nitrogens is 2. The van der Waals surface area contributed by atoms with Gasteiger partial charge in [-0.1, -0.05) is 6.07 Å². The lowest BCUT2D eigenvalue weighted by Crippen LogP contribution is -2.13. The first kappa shape index (κ1) is 10.6. The molecule has 0 aliphatic rings. The molecular formula is C13H11N3O2. The number of hydrogen-bond donors (Lipinski definition) is 2. The largest absolute Gasteiger partial charge is 0.463 e. The summed E-state index contributed by atoms with van der Waals surface area (Å²) >= 11 is 0. The minimum Gasteiger partial charge on any atom is -0.463 e. The molecule has 3 aromatic rings. The predicted octanol–water partition coefficient (Wildman–Crippen LogP) is 2.72. The van der Waals surface area contributed by atoms with Crippen LogP contribution >= 0.6 is 0 Å². The van der Waals surface area contributed by atoms with Crippen LogP contribution in [-0.4, -0.2) is 15.9 Å². The second kappa shape index (κ2) is 4.03. The number of carbonyl (C=O) groups is 1. The third-order valence-corrected chi connectivity index (χ3v) is 2.64. The van der Waals surface area contributed by atoms with Crippen LogP contribution in [0.5, 0.6) is 0 Å². The van der Waals surface area contributed by atoms with Gasteiger partial charge in [-0.05, 0) is 18.6 Å². The fourth-order valence-electron chi connectivity index (χ4n) is 1.70. The Labute approximate surface area is 103 Å². The van der Waals surface area contributed by atoms with Gasteiger partial charge < -0.3 is 14.7 Å². The van der Waals surface area contributed by atoms with Gasteiger partial charge in [-0.15, -0.1) is 0 Å². The van der Waals surface area contributed by atoms with E-state index in [1.54, 1.807) is 30.7 Å². The molecule has 3 heterocycles. The van der Waals surface area contributed by atoms with Gasteiger partial charge in [-0.3, -0.25) is 4.79 Å². The van der Waals surface area contributed by atoms with Crippen molar-refractivity contribution in [1.29, 1.82) is 0 Å². The van der Waals surface area contributed by atoms with E-state index in [0.717, 1.165) is 11.1 Å². The van der Waals surface area contributed by atoms with Gasteiger partial charge in [0.2, 0.25) is 0 Å². The standard InChI is InChI=1S/C13H11N3O2/c1-8-2-3-12(14-7-8)16-13(17)10-6-11-9(15-10)4-5-18-11/h2-7,15H,1H3,(H,14,16,17). The first-order valence-corrected chi connectivity index (χ1v) is 5.52. The van der Waals surface area contributed by atoms with Crippen LogP contribution in [0.25, 0.3) is 11.1 Å². The van der Waals surface area contributed by atoms with Crippen LogP contribution in [0.3, 0.4) is 0 Å². The quantitative estimate of drug-likeness (QED) is 0.724. The molecule has 0 spiro atoms. The molecule has 0 unspecified atom stereocenters. The molecule has 0 aromatic carbocycles. The van der Waals surface area contributed by atoms with Crippen molar-refractivity contribution < 1.29 is 9.21 Å². The summed E-state index contributed by atoms with van der Waals surface area (Å²) in [6.07, 6.45) is 3.28. The lowest BCUT2D eigenvalue weighted by Gasteiger charge is -2.02. The van der Waals surface area contributed by atoms with Crippen LogP contribution in [0.1, 0.15) is 16.1 Å². The summed E-state index contributed by atoms with van der Waals surface area (Å²) in [5, 5.41) is 2.71. The van der Waals surface area contributed by atoms with Crippen molar-refractivity contribution in [2.75, 3.05) is 5.32 Å². The maximum Gasteiger partial charge on any atom is 0.273 e. The van der Waals surface area contributed by atoms with Gasteiger partial charge >= 0.3 is 0 Å². The predicted molar refractivity (Wildman–Crippen MR) is 67.5 cm³/mol. The number of aromatic amines is 1. The van der Waals surface area contributed by atoms with Crippen molar-refractivity contribution >= 4 is 22.8 Å². The van der Waals surface area contributed by atoms with Crippen LogP contribution in [-0.2, 0) is 0 Å². The Kier molecular flexibility index (Phi) is 2.37. The number of fused-ring (bicyclic) bond motifs is 1. The Morgan fingerprint density at radius 3 is 3.00 bits per heavy atom. The summed E-state index contributed by atoms with van der Waals surface area (Å²) < 4.78 is 5.19. The highest BCUT2D eigenvalue weighted by Crippen LogP contribution is 2.16. The second-order valence-corrected chi connectivity index (χ2v) is 4.06. The third-order valence-electron chi connectivity index (χ3n) is 2.64. The van der Waals surface area contributed by atoms with Crippen LogP contribution in [0, 0.1) is 6.92 Å². The van der Waals surface area contributed by atoms with Gasteiger partial charge in [0.15, 0.2) is 5.58 Å².